The lowest BCUT2D eigenvalue weighted by Crippen LogP contribution is -2.48. The van der Waals surface area contributed by atoms with Crippen molar-refractivity contribution in [2.24, 2.45) is 23.7 Å². The van der Waals surface area contributed by atoms with E-state index >= 15 is 0 Å². The van der Waals surface area contributed by atoms with Crippen LogP contribution < -0.4 is 0 Å². The molecular weight excluding hydrogens is 306 g/mol. The third-order valence-corrected chi connectivity index (χ3v) is 9.33. The number of likely N-dealkylation sites (tertiary alicyclic amines) is 1. The minimum absolute atomic E-state index is 0.911. The summed E-state index contributed by atoms with van der Waals surface area (Å²) >= 11 is 0. The van der Waals surface area contributed by atoms with Crippen LogP contribution in [0.3, 0.4) is 0 Å². The maximum atomic E-state index is 2.91. The Hall–Kier alpha value is -0.120. The second-order valence-corrected chi connectivity index (χ2v) is 10.5. The van der Waals surface area contributed by atoms with E-state index in [4.69, 9.17) is 0 Å². The maximum absolute atomic E-state index is 2.91. The highest BCUT2D eigenvalue weighted by Gasteiger charge is 2.48. The lowest BCUT2D eigenvalue weighted by atomic mass is 9.77. The van der Waals surface area contributed by atoms with E-state index in [9.17, 15) is 0 Å². The van der Waals surface area contributed by atoms with Gasteiger partial charge in [0.2, 0.25) is 0 Å². The molecule has 7 atom stereocenters. The lowest BCUT2D eigenvalue weighted by molar-refractivity contribution is 0.0539. The van der Waals surface area contributed by atoms with E-state index in [0.717, 1.165) is 41.8 Å². The Labute approximate surface area is 154 Å². The molecule has 0 spiro atoms. The van der Waals surface area contributed by atoms with Gasteiger partial charge in [-0.3, -0.25) is 9.80 Å². The van der Waals surface area contributed by atoms with Gasteiger partial charge in [-0.15, -0.1) is 0 Å². The van der Waals surface area contributed by atoms with Gasteiger partial charge in [-0.2, -0.15) is 0 Å². The first-order valence-electron chi connectivity index (χ1n) is 11.6. The molecule has 25 heavy (non-hydrogen) atoms. The van der Waals surface area contributed by atoms with Gasteiger partial charge in [0, 0.05) is 50.8 Å². The fourth-order valence-electron chi connectivity index (χ4n) is 7.66. The van der Waals surface area contributed by atoms with Crippen LogP contribution in [-0.4, -0.2) is 72.1 Å². The molecule has 140 valence electrons. The van der Waals surface area contributed by atoms with Gasteiger partial charge in [-0.25, -0.2) is 0 Å². The highest BCUT2D eigenvalue weighted by molar-refractivity contribution is 5.02. The van der Waals surface area contributed by atoms with Crippen molar-refractivity contribution in [1.29, 1.82) is 0 Å². The number of piperidine rings is 2. The molecule has 1 aliphatic carbocycles. The van der Waals surface area contributed by atoms with Gasteiger partial charge >= 0.3 is 0 Å². The monoisotopic (exact) mass is 343 g/mol. The van der Waals surface area contributed by atoms with Crippen LogP contribution in [0.1, 0.15) is 57.8 Å². The standard InChI is InChI=1S/C22H37N3/c1-2-8-23-11-18(6-7-20(23)3-1)19-9-21-10-22(15-25(21)14-19)24-12-16-4-5-17(16)13-24/h16-22H,1-15H2. The highest BCUT2D eigenvalue weighted by atomic mass is 15.3. The Bertz CT molecular complexity index is 482. The van der Waals surface area contributed by atoms with E-state index in [1.165, 1.54) is 97.1 Å². The third kappa shape index (κ3) is 2.72. The Balaban J connectivity index is 1.04. The predicted octanol–water partition coefficient (Wildman–Crippen LogP) is 3.06. The first kappa shape index (κ1) is 15.9. The highest BCUT2D eigenvalue weighted by Crippen LogP contribution is 2.45. The summed E-state index contributed by atoms with van der Waals surface area (Å²) < 4.78 is 0. The van der Waals surface area contributed by atoms with Crippen molar-refractivity contribution in [3.8, 4) is 0 Å². The molecule has 0 radical (unpaired) electrons. The molecule has 5 heterocycles. The molecule has 0 aromatic heterocycles. The van der Waals surface area contributed by atoms with Crippen LogP contribution in [0.15, 0.2) is 0 Å². The van der Waals surface area contributed by atoms with Gasteiger partial charge in [0.25, 0.3) is 0 Å². The first-order valence-corrected chi connectivity index (χ1v) is 11.6. The van der Waals surface area contributed by atoms with Crippen molar-refractivity contribution in [2.75, 3.05) is 39.3 Å². The number of hydrogen-bond donors (Lipinski definition) is 0. The Morgan fingerprint density at radius 3 is 1.92 bits per heavy atom. The van der Waals surface area contributed by atoms with Crippen molar-refractivity contribution >= 4 is 0 Å². The molecular formula is C22H37N3. The van der Waals surface area contributed by atoms with Crippen LogP contribution in [0.5, 0.6) is 0 Å². The molecule has 0 bridgehead atoms. The molecule has 6 fully saturated rings. The van der Waals surface area contributed by atoms with Crippen LogP contribution in [0.2, 0.25) is 0 Å². The fourth-order valence-corrected chi connectivity index (χ4v) is 7.66. The summed E-state index contributed by atoms with van der Waals surface area (Å²) in [7, 11) is 0. The minimum atomic E-state index is 0.911. The topological polar surface area (TPSA) is 9.72 Å². The van der Waals surface area contributed by atoms with E-state index in [2.05, 4.69) is 14.7 Å². The SMILES string of the molecule is C1CCN2CC(C3CC4CC(N5CC6CCC6C5)CN4C3)CCC2C1. The van der Waals surface area contributed by atoms with E-state index in [1.54, 1.807) is 0 Å². The largest absolute Gasteiger partial charge is 0.300 e. The molecule has 3 nitrogen and oxygen atoms in total. The lowest BCUT2D eigenvalue weighted by Gasteiger charge is -2.44. The summed E-state index contributed by atoms with van der Waals surface area (Å²) in [5, 5.41) is 0. The zero-order chi connectivity index (χ0) is 16.4. The summed E-state index contributed by atoms with van der Waals surface area (Å²) in [5.74, 6) is 4.20. The number of nitrogens with zero attached hydrogens (tertiary/aromatic N) is 3. The molecule has 6 rings (SSSR count). The summed E-state index contributed by atoms with van der Waals surface area (Å²) in [4.78, 5) is 8.69. The Morgan fingerprint density at radius 1 is 0.440 bits per heavy atom. The average Bonchev–Trinajstić information content (AvgIpc) is 3.26. The maximum Gasteiger partial charge on any atom is 0.0238 e. The van der Waals surface area contributed by atoms with Crippen molar-refractivity contribution in [3.05, 3.63) is 0 Å². The van der Waals surface area contributed by atoms with E-state index in [0.29, 0.717) is 0 Å². The number of hydrogen-bond acceptors (Lipinski definition) is 3. The molecule has 6 aliphatic rings. The zero-order valence-electron chi connectivity index (χ0n) is 16.0. The first-order chi connectivity index (χ1) is 12.3. The van der Waals surface area contributed by atoms with Crippen LogP contribution >= 0.6 is 0 Å². The second-order valence-electron chi connectivity index (χ2n) is 10.5. The summed E-state index contributed by atoms with van der Waals surface area (Å²) in [6.45, 7) is 8.57. The van der Waals surface area contributed by atoms with Crippen molar-refractivity contribution in [3.63, 3.8) is 0 Å². The average molecular weight is 344 g/mol. The molecule has 0 N–H and O–H groups in total. The molecule has 5 aliphatic heterocycles. The molecule has 0 amide bonds. The van der Waals surface area contributed by atoms with Crippen LogP contribution in [0.25, 0.3) is 0 Å². The number of fused-ring (bicyclic) bond motifs is 3. The Kier molecular flexibility index (Phi) is 3.95. The third-order valence-electron chi connectivity index (χ3n) is 9.33. The number of rotatable bonds is 2. The van der Waals surface area contributed by atoms with Crippen LogP contribution in [-0.2, 0) is 0 Å². The van der Waals surface area contributed by atoms with E-state index in [1.807, 2.05) is 0 Å². The van der Waals surface area contributed by atoms with Gasteiger partial charge in [0.15, 0.2) is 0 Å². The summed E-state index contributed by atoms with van der Waals surface area (Å²) in [5.41, 5.74) is 0. The van der Waals surface area contributed by atoms with Crippen molar-refractivity contribution < 1.29 is 0 Å². The van der Waals surface area contributed by atoms with E-state index in [-0.39, 0.29) is 0 Å². The summed E-state index contributed by atoms with van der Waals surface area (Å²) in [6.07, 6.45) is 13.6. The van der Waals surface area contributed by atoms with Crippen LogP contribution in [0.4, 0.5) is 0 Å². The van der Waals surface area contributed by atoms with Gasteiger partial charge in [-0.05, 0) is 81.6 Å². The quantitative estimate of drug-likeness (QED) is 0.763. The smallest absolute Gasteiger partial charge is 0.0238 e. The van der Waals surface area contributed by atoms with Gasteiger partial charge in [0.1, 0.15) is 0 Å². The molecule has 1 saturated carbocycles. The van der Waals surface area contributed by atoms with Gasteiger partial charge in [0.05, 0.1) is 0 Å². The van der Waals surface area contributed by atoms with Gasteiger partial charge < -0.3 is 4.90 Å². The second kappa shape index (κ2) is 6.21. The Morgan fingerprint density at radius 2 is 1.12 bits per heavy atom. The fraction of sp³-hybridized carbons (Fsp3) is 1.00. The molecule has 7 unspecified atom stereocenters. The predicted molar refractivity (Wildman–Crippen MR) is 102 cm³/mol. The zero-order valence-corrected chi connectivity index (χ0v) is 16.0. The minimum Gasteiger partial charge on any atom is -0.300 e. The summed E-state index contributed by atoms with van der Waals surface area (Å²) in [6, 6.07) is 2.81. The van der Waals surface area contributed by atoms with Gasteiger partial charge in [-0.1, -0.05) is 6.42 Å². The molecule has 0 aromatic rings. The normalized spacial score (nSPS) is 51.1. The van der Waals surface area contributed by atoms with E-state index < -0.39 is 0 Å². The van der Waals surface area contributed by atoms with Crippen molar-refractivity contribution in [2.45, 2.75) is 75.9 Å². The molecule has 0 aromatic carbocycles. The molecule has 5 saturated heterocycles. The van der Waals surface area contributed by atoms with Crippen LogP contribution in [0, 0.1) is 23.7 Å². The molecule has 3 heteroatoms. The van der Waals surface area contributed by atoms with Crippen molar-refractivity contribution in [1.82, 2.24) is 14.7 Å².